The minimum Gasteiger partial charge on any atom is -0.279 e. The lowest BCUT2D eigenvalue weighted by atomic mass is 9.95. The van der Waals surface area contributed by atoms with Crippen molar-refractivity contribution >= 4 is 5.84 Å². The van der Waals surface area contributed by atoms with Gasteiger partial charge in [0.25, 0.3) is 0 Å². The van der Waals surface area contributed by atoms with Crippen LogP contribution in [-0.4, -0.2) is 18.4 Å². The maximum absolute atomic E-state index is 3.70. The smallest absolute Gasteiger partial charge is 0.242 e. The lowest BCUT2D eigenvalue weighted by Gasteiger charge is -2.19. The molecule has 1 fully saturated rings. The molecule has 2 nitrogen and oxygen atoms in total. The Morgan fingerprint density at radius 1 is 0.929 bits per heavy atom. The maximum Gasteiger partial charge on any atom is 0.242 e. The number of amidine groups is 1. The van der Waals surface area contributed by atoms with Crippen LogP contribution in [0.15, 0.2) is 0 Å². The summed E-state index contributed by atoms with van der Waals surface area (Å²) in [5, 5.41) is 3.70. The molecule has 0 aromatic heterocycles. The third-order valence-electron chi connectivity index (χ3n) is 3.43. The van der Waals surface area contributed by atoms with Crippen LogP contribution in [-0.2, 0) is 0 Å². The summed E-state index contributed by atoms with van der Waals surface area (Å²) in [7, 11) is 0. The highest BCUT2D eigenvalue weighted by Gasteiger charge is 2.19. The molecule has 2 aliphatic rings. The summed E-state index contributed by atoms with van der Waals surface area (Å²) in [5.41, 5.74) is 0. The van der Waals surface area contributed by atoms with Gasteiger partial charge in [-0.05, 0) is 44.9 Å². The highest BCUT2D eigenvalue weighted by Crippen LogP contribution is 2.17. The van der Waals surface area contributed by atoms with E-state index >= 15 is 0 Å². The SMILES string of the molecule is C1CC[NH+]=C(NC2CCCCC2)CC1. The molecule has 0 saturated heterocycles. The highest BCUT2D eigenvalue weighted by atomic mass is 15.0. The predicted octanol–water partition coefficient (Wildman–Crippen LogP) is 0.962. The van der Waals surface area contributed by atoms with Crippen molar-refractivity contribution in [3.05, 3.63) is 0 Å². The third kappa shape index (κ3) is 3.00. The van der Waals surface area contributed by atoms with Crippen molar-refractivity contribution < 1.29 is 4.99 Å². The predicted molar refractivity (Wildman–Crippen MR) is 59.3 cm³/mol. The van der Waals surface area contributed by atoms with E-state index in [2.05, 4.69) is 10.3 Å². The number of rotatable bonds is 1. The van der Waals surface area contributed by atoms with Crippen molar-refractivity contribution in [2.24, 2.45) is 0 Å². The Kier molecular flexibility index (Phi) is 3.84. The van der Waals surface area contributed by atoms with E-state index < -0.39 is 0 Å². The van der Waals surface area contributed by atoms with Crippen molar-refractivity contribution in [1.82, 2.24) is 5.32 Å². The van der Waals surface area contributed by atoms with Crippen LogP contribution in [0, 0.1) is 0 Å². The molecule has 1 aliphatic heterocycles. The van der Waals surface area contributed by atoms with Gasteiger partial charge in [-0.2, -0.15) is 0 Å². The Morgan fingerprint density at radius 2 is 1.71 bits per heavy atom. The van der Waals surface area contributed by atoms with Crippen LogP contribution < -0.4 is 10.3 Å². The van der Waals surface area contributed by atoms with Crippen LogP contribution in [0.25, 0.3) is 0 Å². The number of nitrogens with one attached hydrogen (secondary N) is 2. The largest absolute Gasteiger partial charge is 0.279 e. The van der Waals surface area contributed by atoms with Crippen LogP contribution in [0.5, 0.6) is 0 Å². The monoisotopic (exact) mass is 195 g/mol. The normalized spacial score (nSPS) is 25.3. The summed E-state index contributed by atoms with van der Waals surface area (Å²) in [6, 6.07) is 0.768. The molecular formula is C12H23N2+. The van der Waals surface area contributed by atoms with Gasteiger partial charge in [0.15, 0.2) is 0 Å². The first-order valence-corrected chi connectivity index (χ1v) is 6.31. The molecule has 0 spiro atoms. The average Bonchev–Trinajstić information content (AvgIpc) is 2.48. The van der Waals surface area contributed by atoms with Crippen LogP contribution >= 0.6 is 0 Å². The van der Waals surface area contributed by atoms with E-state index in [9.17, 15) is 0 Å². The Morgan fingerprint density at radius 3 is 2.57 bits per heavy atom. The average molecular weight is 195 g/mol. The molecular weight excluding hydrogens is 172 g/mol. The number of hydrogen-bond acceptors (Lipinski definition) is 1. The maximum atomic E-state index is 3.70. The van der Waals surface area contributed by atoms with E-state index in [0.29, 0.717) is 0 Å². The van der Waals surface area contributed by atoms with E-state index in [1.54, 1.807) is 0 Å². The van der Waals surface area contributed by atoms with Gasteiger partial charge in [-0.1, -0.05) is 6.42 Å². The van der Waals surface area contributed by atoms with Gasteiger partial charge < -0.3 is 0 Å². The zero-order valence-corrected chi connectivity index (χ0v) is 9.15. The summed E-state index contributed by atoms with van der Waals surface area (Å²) < 4.78 is 0. The van der Waals surface area contributed by atoms with Gasteiger partial charge in [0.2, 0.25) is 5.84 Å². The van der Waals surface area contributed by atoms with Crippen LogP contribution in [0.2, 0.25) is 0 Å². The molecule has 1 saturated carbocycles. The molecule has 14 heavy (non-hydrogen) atoms. The van der Waals surface area contributed by atoms with E-state index in [-0.39, 0.29) is 0 Å². The Hall–Kier alpha value is -0.530. The molecule has 2 rings (SSSR count). The lowest BCUT2D eigenvalue weighted by molar-refractivity contribution is -0.460. The van der Waals surface area contributed by atoms with Crippen molar-refractivity contribution in [3.8, 4) is 0 Å². The second kappa shape index (κ2) is 5.38. The standard InChI is InChI=1S/C12H22N2/c1-3-7-11(8-4-1)14-12-9-5-2-6-10-13-12/h11H,1-10H2,(H,13,14)/p+1. The molecule has 0 amide bonds. The fraction of sp³-hybridized carbons (Fsp3) is 0.917. The van der Waals surface area contributed by atoms with E-state index in [1.165, 1.54) is 70.2 Å². The zero-order valence-electron chi connectivity index (χ0n) is 9.15. The van der Waals surface area contributed by atoms with Crippen molar-refractivity contribution in [1.29, 1.82) is 0 Å². The fourth-order valence-electron chi connectivity index (χ4n) is 2.55. The fourth-order valence-corrected chi connectivity index (χ4v) is 2.55. The topological polar surface area (TPSA) is 26.0 Å². The summed E-state index contributed by atoms with van der Waals surface area (Å²) in [6.07, 6.45) is 12.4. The first kappa shape index (κ1) is 10.0. The van der Waals surface area contributed by atoms with Crippen LogP contribution in [0.1, 0.15) is 57.8 Å². The zero-order chi connectivity index (χ0) is 9.64. The number of hydrogen-bond donors (Lipinski definition) is 2. The van der Waals surface area contributed by atoms with E-state index in [4.69, 9.17) is 0 Å². The molecule has 0 radical (unpaired) electrons. The van der Waals surface area contributed by atoms with Gasteiger partial charge in [-0.3, -0.25) is 10.3 Å². The van der Waals surface area contributed by atoms with Gasteiger partial charge in [-0.25, -0.2) is 0 Å². The summed E-state index contributed by atoms with van der Waals surface area (Å²) in [5.74, 6) is 1.43. The van der Waals surface area contributed by atoms with Gasteiger partial charge >= 0.3 is 0 Å². The minimum atomic E-state index is 0.768. The summed E-state index contributed by atoms with van der Waals surface area (Å²) in [6.45, 7) is 1.18. The second-order valence-corrected chi connectivity index (χ2v) is 4.70. The Labute approximate surface area is 87.2 Å². The first-order chi connectivity index (χ1) is 6.95. The van der Waals surface area contributed by atoms with Gasteiger partial charge in [-0.15, -0.1) is 0 Å². The molecule has 0 aromatic rings. The Balaban J connectivity index is 1.79. The molecule has 0 unspecified atom stereocenters. The Bertz CT molecular complexity index is 192. The summed E-state index contributed by atoms with van der Waals surface area (Å²) >= 11 is 0. The molecule has 0 atom stereocenters. The lowest BCUT2D eigenvalue weighted by Crippen LogP contribution is -2.76. The molecule has 2 heteroatoms. The molecule has 1 heterocycles. The van der Waals surface area contributed by atoms with Crippen LogP contribution in [0.4, 0.5) is 0 Å². The van der Waals surface area contributed by atoms with Crippen LogP contribution in [0.3, 0.4) is 0 Å². The van der Waals surface area contributed by atoms with E-state index in [1.807, 2.05) is 0 Å². The third-order valence-corrected chi connectivity index (χ3v) is 3.43. The van der Waals surface area contributed by atoms with Gasteiger partial charge in [0, 0.05) is 6.42 Å². The molecule has 0 aromatic carbocycles. The van der Waals surface area contributed by atoms with E-state index in [0.717, 1.165) is 6.04 Å². The second-order valence-electron chi connectivity index (χ2n) is 4.70. The van der Waals surface area contributed by atoms with Crippen molar-refractivity contribution in [3.63, 3.8) is 0 Å². The molecule has 2 N–H and O–H groups in total. The van der Waals surface area contributed by atoms with Crippen molar-refractivity contribution in [2.75, 3.05) is 6.54 Å². The van der Waals surface area contributed by atoms with Gasteiger partial charge in [0.1, 0.15) is 0 Å². The first-order valence-electron chi connectivity index (χ1n) is 6.31. The van der Waals surface area contributed by atoms with Gasteiger partial charge in [0.05, 0.1) is 12.6 Å². The molecule has 1 aliphatic carbocycles. The van der Waals surface area contributed by atoms with Crippen molar-refractivity contribution in [2.45, 2.75) is 63.8 Å². The quantitative estimate of drug-likeness (QED) is 0.640. The highest BCUT2D eigenvalue weighted by molar-refractivity contribution is 5.76. The molecule has 80 valence electrons. The summed E-state index contributed by atoms with van der Waals surface area (Å²) in [4.78, 5) is 3.53. The minimum absolute atomic E-state index is 0.768. The molecule has 0 bridgehead atoms.